The van der Waals surface area contributed by atoms with Crippen LogP contribution in [0.25, 0.3) is 32.3 Å². The van der Waals surface area contributed by atoms with E-state index in [0.717, 1.165) is 11.8 Å². The Labute approximate surface area is 166 Å². The SMILES string of the molecule is CNc1ncc(-c2cc(-c3ccccc3C(C)N=[N+]=[N-])nc(S(C)(=O)=O)n2)s1. The highest BCUT2D eigenvalue weighted by molar-refractivity contribution is 7.90. The Morgan fingerprint density at radius 2 is 1.96 bits per heavy atom. The highest BCUT2D eigenvalue weighted by atomic mass is 32.2. The van der Waals surface area contributed by atoms with Crippen molar-refractivity contribution in [3.05, 3.63) is 52.5 Å². The number of sulfone groups is 1. The summed E-state index contributed by atoms with van der Waals surface area (Å²) < 4.78 is 24.3. The van der Waals surface area contributed by atoms with Crippen molar-refractivity contribution in [1.29, 1.82) is 0 Å². The van der Waals surface area contributed by atoms with Crippen LogP contribution in [0.4, 0.5) is 5.13 Å². The maximum atomic E-state index is 12.2. The minimum Gasteiger partial charge on any atom is -0.365 e. The molecule has 0 spiro atoms. The first kappa shape index (κ1) is 19.7. The molecule has 0 aliphatic rings. The number of azide groups is 1. The summed E-state index contributed by atoms with van der Waals surface area (Å²) in [6.07, 6.45) is 2.69. The fourth-order valence-corrected chi connectivity index (χ4v) is 3.86. The number of anilines is 1. The van der Waals surface area contributed by atoms with E-state index < -0.39 is 15.9 Å². The van der Waals surface area contributed by atoms with E-state index in [1.54, 1.807) is 26.2 Å². The second-order valence-electron chi connectivity index (χ2n) is 5.94. The van der Waals surface area contributed by atoms with Gasteiger partial charge in [-0.15, -0.1) is 0 Å². The van der Waals surface area contributed by atoms with Crippen LogP contribution in [0.3, 0.4) is 0 Å². The van der Waals surface area contributed by atoms with E-state index in [0.29, 0.717) is 27.0 Å². The maximum absolute atomic E-state index is 12.2. The summed E-state index contributed by atoms with van der Waals surface area (Å²) in [4.78, 5) is 16.3. The van der Waals surface area contributed by atoms with E-state index in [9.17, 15) is 8.42 Å². The molecular formula is C17H17N7O2S2. The van der Waals surface area contributed by atoms with E-state index in [-0.39, 0.29) is 5.16 Å². The molecule has 11 heteroatoms. The van der Waals surface area contributed by atoms with Gasteiger partial charge in [-0.25, -0.2) is 23.4 Å². The minimum absolute atomic E-state index is 0.273. The fraction of sp³-hybridized carbons (Fsp3) is 0.235. The van der Waals surface area contributed by atoms with Crippen LogP contribution in [0, 0.1) is 0 Å². The molecule has 144 valence electrons. The summed E-state index contributed by atoms with van der Waals surface area (Å²) in [7, 11) is -1.89. The molecule has 0 fully saturated rings. The maximum Gasteiger partial charge on any atom is 0.247 e. The van der Waals surface area contributed by atoms with Crippen molar-refractivity contribution >= 4 is 26.3 Å². The molecule has 1 unspecified atom stereocenters. The quantitative estimate of drug-likeness (QED) is 0.279. The van der Waals surface area contributed by atoms with Crippen LogP contribution in [0.15, 0.2) is 46.8 Å². The minimum atomic E-state index is -3.64. The highest BCUT2D eigenvalue weighted by Crippen LogP contribution is 2.33. The van der Waals surface area contributed by atoms with Gasteiger partial charge in [0.15, 0.2) is 5.13 Å². The summed E-state index contributed by atoms with van der Waals surface area (Å²) in [6, 6.07) is 8.54. The molecule has 1 N–H and O–H groups in total. The summed E-state index contributed by atoms with van der Waals surface area (Å²) in [5.41, 5.74) is 11.1. The largest absolute Gasteiger partial charge is 0.365 e. The normalized spacial score (nSPS) is 12.2. The summed E-state index contributed by atoms with van der Waals surface area (Å²) >= 11 is 1.35. The Kier molecular flexibility index (Phi) is 5.59. The Balaban J connectivity index is 2.25. The first-order valence-electron chi connectivity index (χ1n) is 8.20. The van der Waals surface area contributed by atoms with Crippen LogP contribution in [0.5, 0.6) is 0 Å². The van der Waals surface area contributed by atoms with Gasteiger partial charge >= 0.3 is 0 Å². The number of hydrogen-bond donors (Lipinski definition) is 1. The first-order chi connectivity index (χ1) is 13.3. The van der Waals surface area contributed by atoms with Crippen LogP contribution in [-0.2, 0) is 9.84 Å². The smallest absolute Gasteiger partial charge is 0.247 e. The predicted molar refractivity (Wildman–Crippen MR) is 109 cm³/mol. The van der Waals surface area contributed by atoms with Crippen LogP contribution in [-0.4, -0.2) is 36.7 Å². The number of nitrogens with zero attached hydrogens (tertiary/aromatic N) is 6. The first-order valence-corrected chi connectivity index (χ1v) is 10.9. The van der Waals surface area contributed by atoms with Crippen molar-refractivity contribution in [1.82, 2.24) is 15.0 Å². The lowest BCUT2D eigenvalue weighted by atomic mass is 9.99. The number of nitrogens with one attached hydrogen (secondary N) is 1. The number of benzene rings is 1. The number of aromatic nitrogens is 3. The lowest BCUT2D eigenvalue weighted by Gasteiger charge is -2.13. The molecule has 3 aromatic rings. The van der Waals surface area contributed by atoms with Crippen molar-refractivity contribution in [2.75, 3.05) is 18.6 Å². The Morgan fingerprint density at radius 3 is 2.61 bits per heavy atom. The van der Waals surface area contributed by atoms with E-state index in [1.807, 2.05) is 24.3 Å². The average molecular weight is 416 g/mol. The summed E-state index contributed by atoms with van der Waals surface area (Å²) in [5, 5.41) is 7.11. The van der Waals surface area contributed by atoms with Gasteiger partial charge in [0.1, 0.15) is 0 Å². The van der Waals surface area contributed by atoms with Crippen LogP contribution >= 0.6 is 11.3 Å². The zero-order valence-corrected chi connectivity index (χ0v) is 17.0. The van der Waals surface area contributed by atoms with E-state index in [2.05, 4.69) is 30.3 Å². The van der Waals surface area contributed by atoms with Gasteiger partial charge in [0.05, 0.1) is 22.3 Å². The third-order valence-electron chi connectivity index (χ3n) is 3.92. The summed E-state index contributed by atoms with van der Waals surface area (Å²) in [5.74, 6) is 0. The Morgan fingerprint density at radius 1 is 1.25 bits per heavy atom. The molecule has 2 aromatic heterocycles. The summed E-state index contributed by atoms with van der Waals surface area (Å²) in [6.45, 7) is 1.76. The molecule has 0 radical (unpaired) electrons. The van der Waals surface area contributed by atoms with Crippen molar-refractivity contribution in [3.8, 4) is 21.8 Å². The lowest BCUT2D eigenvalue weighted by Crippen LogP contribution is -2.06. The third kappa shape index (κ3) is 4.11. The molecule has 9 nitrogen and oxygen atoms in total. The zero-order valence-electron chi connectivity index (χ0n) is 15.4. The predicted octanol–water partition coefficient (Wildman–Crippen LogP) is 4.08. The van der Waals surface area contributed by atoms with Crippen molar-refractivity contribution in [2.24, 2.45) is 5.11 Å². The van der Waals surface area contributed by atoms with Gasteiger partial charge in [-0.2, -0.15) is 0 Å². The molecule has 0 aliphatic carbocycles. The molecule has 0 aliphatic heterocycles. The van der Waals surface area contributed by atoms with Gasteiger partial charge in [-0.3, -0.25) is 0 Å². The Bertz CT molecular complexity index is 1170. The van der Waals surface area contributed by atoms with Gasteiger partial charge in [0.2, 0.25) is 15.0 Å². The molecule has 1 aromatic carbocycles. The topological polar surface area (TPSA) is 134 Å². The van der Waals surface area contributed by atoms with Gasteiger partial charge < -0.3 is 5.32 Å². The van der Waals surface area contributed by atoms with Crippen LogP contribution in [0.1, 0.15) is 18.5 Å². The standard InChI is InChI=1S/C17H17N7O2S2/c1-10(23-24-18)11-6-4-5-7-12(11)13-8-14(15-9-20-16(19-2)27-15)22-17(21-13)28(3,25)26/h4-10H,1-3H3,(H,19,20). The van der Waals surface area contributed by atoms with Gasteiger partial charge in [-0.05, 0) is 17.2 Å². The monoisotopic (exact) mass is 415 g/mol. The number of thiazole rings is 1. The molecular weight excluding hydrogens is 398 g/mol. The molecule has 0 amide bonds. The van der Waals surface area contributed by atoms with E-state index >= 15 is 0 Å². The fourth-order valence-electron chi connectivity index (χ4n) is 2.60. The van der Waals surface area contributed by atoms with Crippen molar-refractivity contribution < 1.29 is 8.42 Å². The second-order valence-corrected chi connectivity index (χ2v) is 8.88. The molecule has 0 saturated carbocycles. The molecule has 1 atom stereocenters. The molecule has 0 bridgehead atoms. The van der Waals surface area contributed by atoms with Gasteiger partial charge in [-0.1, -0.05) is 47.6 Å². The number of hydrogen-bond acceptors (Lipinski definition) is 8. The van der Waals surface area contributed by atoms with Crippen LogP contribution < -0.4 is 5.32 Å². The lowest BCUT2D eigenvalue weighted by molar-refractivity contribution is 0.593. The zero-order chi connectivity index (χ0) is 20.3. The second kappa shape index (κ2) is 7.93. The van der Waals surface area contributed by atoms with E-state index in [4.69, 9.17) is 5.53 Å². The molecule has 2 heterocycles. The van der Waals surface area contributed by atoms with Crippen molar-refractivity contribution in [3.63, 3.8) is 0 Å². The van der Waals surface area contributed by atoms with Crippen LogP contribution in [0.2, 0.25) is 0 Å². The molecule has 3 rings (SSSR count). The Hall–Kier alpha value is -3.01. The highest BCUT2D eigenvalue weighted by Gasteiger charge is 2.19. The van der Waals surface area contributed by atoms with E-state index in [1.165, 1.54) is 11.3 Å². The molecule has 28 heavy (non-hydrogen) atoms. The van der Waals surface area contributed by atoms with Gasteiger partial charge in [0.25, 0.3) is 0 Å². The number of rotatable bonds is 6. The third-order valence-corrected chi connectivity index (χ3v) is 5.80. The molecule has 0 saturated heterocycles. The van der Waals surface area contributed by atoms with Crippen molar-refractivity contribution in [2.45, 2.75) is 18.1 Å². The van der Waals surface area contributed by atoms with Gasteiger partial charge in [0, 0.05) is 30.0 Å². The average Bonchev–Trinajstić information content (AvgIpc) is 3.16.